The zero-order valence-corrected chi connectivity index (χ0v) is 30.6. The summed E-state index contributed by atoms with van der Waals surface area (Å²) in [6.07, 6.45) is 7.04. The van der Waals surface area contributed by atoms with Crippen molar-refractivity contribution in [2.45, 2.75) is 126 Å². The molecule has 2 aliphatic heterocycles. The van der Waals surface area contributed by atoms with Crippen LogP contribution in [0.3, 0.4) is 0 Å². The van der Waals surface area contributed by atoms with Gasteiger partial charge >= 0.3 is 12.2 Å². The number of nitrogens with zero attached hydrogens (tertiary/aromatic N) is 2. The van der Waals surface area contributed by atoms with Gasteiger partial charge in [-0.25, -0.2) is 9.59 Å². The standard InChI is InChI=1S/2C18H24BrNO3/c2*1-13(14-3-5-15(19)6-4-14)20-12-11-18(23-16(20)21)9-7-17(2,22)8-10-18/h2*3-6,13,22H,7-12H2,1-2H3/t2*13-,17?,18?/m00/s1. The predicted octanol–water partition coefficient (Wildman–Crippen LogP) is 8.83. The fourth-order valence-corrected chi connectivity index (χ4v) is 7.69. The van der Waals surface area contributed by atoms with E-state index in [2.05, 4.69) is 31.9 Å². The Balaban J connectivity index is 0.000000181. The Morgan fingerprint density at radius 2 is 0.891 bits per heavy atom. The molecule has 10 heteroatoms. The van der Waals surface area contributed by atoms with Gasteiger partial charge in [-0.05, 0) is 114 Å². The molecule has 46 heavy (non-hydrogen) atoms. The third kappa shape index (κ3) is 8.28. The Morgan fingerprint density at radius 3 is 1.17 bits per heavy atom. The second kappa shape index (κ2) is 13.8. The molecular weight excluding hydrogens is 716 g/mol. The molecule has 0 aromatic heterocycles. The molecule has 4 fully saturated rings. The first-order chi connectivity index (χ1) is 21.6. The molecule has 2 saturated carbocycles. The summed E-state index contributed by atoms with van der Waals surface area (Å²) in [4.78, 5) is 28.7. The monoisotopic (exact) mass is 762 g/mol. The summed E-state index contributed by atoms with van der Waals surface area (Å²) in [6.45, 7) is 9.22. The number of carbonyl (C=O) groups excluding carboxylic acids is 2. The predicted molar refractivity (Wildman–Crippen MR) is 184 cm³/mol. The highest BCUT2D eigenvalue weighted by Crippen LogP contribution is 2.44. The van der Waals surface area contributed by atoms with E-state index in [1.54, 1.807) is 9.80 Å². The Kier molecular flexibility index (Phi) is 10.5. The van der Waals surface area contributed by atoms with Crippen LogP contribution in [0, 0.1) is 0 Å². The molecule has 2 aromatic carbocycles. The smallest absolute Gasteiger partial charge is 0.410 e. The molecule has 252 valence electrons. The number of ether oxygens (including phenoxy) is 2. The molecule has 2 aromatic rings. The van der Waals surface area contributed by atoms with E-state index in [9.17, 15) is 19.8 Å². The van der Waals surface area contributed by atoms with Crippen LogP contribution in [0.2, 0.25) is 0 Å². The number of amides is 2. The summed E-state index contributed by atoms with van der Waals surface area (Å²) in [7, 11) is 0. The van der Waals surface area contributed by atoms with Crippen LogP contribution >= 0.6 is 31.9 Å². The summed E-state index contributed by atoms with van der Waals surface area (Å²) in [5.41, 5.74) is 0.254. The number of rotatable bonds is 4. The average Bonchev–Trinajstić information content (AvgIpc) is 3.01. The molecule has 2 amide bonds. The van der Waals surface area contributed by atoms with Gasteiger partial charge in [-0.15, -0.1) is 0 Å². The third-order valence-corrected chi connectivity index (χ3v) is 11.9. The van der Waals surface area contributed by atoms with Gasteiger partial charge in [0.25, 0.3) is 0 Å². The molecule has 6 rings (SSSR count). The van der Waals surface area contributed by atoms with Crippen molar-refractivity contribution in [3.63, 3.8) is 0 Å². The number of carbonyl (C=O) groups is 2. The maximum absolute atomic E-state index is 12.5. The van der Waals surface area contributed by atoms with Crippen molar-refractivity contribution in [3.05, 3.63) is 68.6 Å². The normalized spacial score (nSPS) is 32.7. The van der Waals surface area contributed by atoms with Crippen LogP contribution in [0.25, 0.3) is 0 Å². The lowest BCUT2D eigenvalue weighted by molar-refractivity contribution is -0.111. The van der Waals surface area contributed by atoms with Gasteiger partial charge in [-0.3, -0.25) is 0 Å². The lowest BCUT2D eigenvalue weighted by Crippen LogP contribution is -2.53. The number of hydrogen-bond donors (Lipinski definition) is 2. The summed E-state index contributed by atoms with van der Waals surface area (Å²) >= 11 is 6.87. The number of benzene rings is 2. The van der Waals surface area contributed by atoms with Gasteiger partial charge in [0.15, 0.2) is 0 Å². The van der Waals surface area contributed by atoms with Crippen LogP contribution in [-0.4, -0.2) is 67.7 Å². The highest BCUT2D eigenvalue weighted by Gasteiger charge is 2.48. The average molecular weight is 765 g/mol. The minimum absolute atomic E-state index is 0.000326. The molecule has 0 bridgehead atoms. The first-order valence-electron chi connectivity index (χ1n) is 16.6. The van der Waals surface area contributed by atoms with E-state index in [4.69, 9.17) is 9.47 Å². The van der Waals surface area contributed by atoms with Crippen molar-refractivity contribution in [1.29, 1.82) is 0 Å². The maximum atomic E-state index is 12.5. The van der Waals surface area contributed by atoms with Crippen LogP contribution < -0.4 is 0 Å². The highest BCUT2D eigenvalue weighted by atomic mass is 79.9. The Labute approximate surface area is 290 Å². The van der Waals surface area contributed by atoms with E-state index in [1.165, 1.54) is 0 Å². The first kappa shape index (κ1) is 35.2. The zero-order valence-electron chi connectivity index (χ0n) is 27.4. The number of hydrogen-bond acceptors (Lipinski definition) is 6. The van der Waals surface area contributed by atoms with Crippen LogP contribution in [-0.2, 0) is 9.47 Å². The van der Waals surface area contributed by atoms with E-state index in [0.717, 1.165) is 58.6 Å². The van der Waals surface area contributed by atoms with Gasteiger partial charge in [0.2, 0.25) is 0 Å². The summed E-state index contributed by atoms with van der Waals surface area (Å²) < 4.78 is 13.8. The minimum atomic E-state index is -0.612. The molecule has 2 atom stereocenters. The molecule has 2 aliphatic carbocycles. The first-order valence-corrected chi connectivity index (χ1v) is 18.1. The van der Waals surface area contributed by atoms with Crippen molar-refractivity contribution in [3.8, 4) is 0 Å². The summed E-state index contributed by atoms with van der Waals surface area (Å²) in [6, 6.07) is 16.1. The molecule has 2 N–H and O–H groups in total. The van der Waals surface area contributed by atoms with E-state index < -0.39 is 11.2 Å². The molecule has 4 aliphatic rings. The molecule has 2 saturated heterocycles. The van der Waals surface area contributed by atoms with Crippen molar-refractivity contribution in [2.75, 3.05) is 13.1 Å². The van der Waals surface area contributed by atoms with Crippen LogP contribution in [0.4, 0.5) is 9.59 Å². The molecule has 8 nitrogen and oxygen atoms in total. The van der Waals surface area contributed by atoms with Crippen molar-refractivity contribution >= 4 is 44.0 Å². The largest absolute Gasteiger partial charge is 0.443 e. The van der Waals surface area contributed by atoms with Crippen molar-refractivity contribution in [2.24, 2.45) is 0 Å². The Morgan fingerprint density at radius 1 is 0.587 bits per heavy atom. The van der Waals surface area contributed by atoms with E-state index in [0.29, 0.717) is 38.8 Å². The molecular formula is C36H48Br2N2O6. The maximum Gasteiger partial charge on any atom is 0.410 e. The van der Waals surface area contributed by atoms with Crippen LogP contribution in [0.1, 0.15) is 115 Å². The second-order valence-electron chi connectivity index (χ2n) is 14.4. The van der Waals surface area contributed by atoms with Gasteiger partial charge in [0, 0.05) is 34.9 Å². The Hall–Kier alpha value is -2.14. The van der Waals surface area contributed by atoms with Gasteiger partial charge < -0.3 is 29.5 Å². The lowest BCUT2D eigenvalue weighted by atomic mass is 9.75. The summed E-state index contributed by atoms with van der Waals surface area (Å²) in [5, 5.41) is 20.2. The second-order valence-corrected chi connectivity index (χ2v) is 16.3. The number of halogens is 2. The fraction of sp³-hybridized carbons (Fsp3) is 0.611. The van der Waals surface area contributed by atoms with Gasteiger partial charge in [0.05, 0.1) is 23.3 Å². The SMILES string of the molecule is C[C@@H](c1ccc(Br)cc1)N1CCC2(CCC(C)(O)CC2)OC1=O.C[C@@H](c1ccc(Br)cc1)N1CCC2(CCC(C)(O)CC2)OC1=O. The quantitative estimate of drug-likeness (QED) is 0.323. The van der Waals surface area contributed by atoms with Crippen LogP contribution in [0.15, 0.2) is 57.5 Å². The van der Waals surface area contributed by atoms with Gasteiger partial charge in [-0.2, -0.15) is 0 Å². The summed E-state index contributed by atoms with van der Waals surface area (Å²) in [5.74, 6) is 0. The van der Waals surface area contributed by atoms with E-state index >= 15 is 0 Å². The van der Waals surface area contributed by atoms with Crippen molar-refractivity contribution < 1.29 is 29.3 Å². The van der Waals surface area contributed by atoms with E-state index in [-0.39, 0.29) is 35.5 Å². The Bertz CT molecular complexity index is 1250. The molecule has 2 spiro atoms. The minimum Gasteiger partial charge on any atom is -0.443 e. The van der Waals surface area contributed by atoms with Crippen LogP contribution in [0.5, 0.6) is 0 Å². The van der Waals surface area contributed by atoms with Gasteiger partial charge in [-0.1, -0.05) is 56.1 Å². The zero-order chi connectivity index (χ0) is 33.3. The van der Waals surface area contributed by atoms with Gasteiger partial charge in [0.1, 0.15) is 11.2 Å². The topological polar surface area (TPSA) is 99.5 Å². The molecule has 2 heterocycles. The fourth-order valence-electron chi connectivity index (χ4n) is 7.16. The third-order valence-electron chi connectivity index (χ3n) is 10.8. The number of aliphatic hydroxyl groups is 2. The molecule has 0 radical (unpaired) electrons. The molecule has 0 unspecified atom stereocenters. The van der Waals surface area contributed by atoms with Crippen molar-refractivity contribution in [1.82, 2.24) is 9.80 Å². The van der Waals surface area contributed by atoms with E-state index in [1.807, 2.05) is 76.2 Å². The highest BCUT2D eigenvalue weighted by molar-refractivity contribution is 9.10. The lowest BCUT2D eigenvalue weighted by Gasteiger charge is -2.47.